The molecule has 1 atom stereocenters. The number of rotatable bonds is 5. The van der Waals surface area contributed by atoms with E-state index in [-0.39, 0.29) is 25.3 Å². The Labute approximate surface area is 127 Å². The van der Waals surface area contributed by atoms with Crippen LogP contribution in [0, 0.1) is 5.82 Å². The van der Waals surface area contributed by atoms with Crippen LogP contribution in [0.5, 0.6) is 0 Å². The van der Waals surface area contributed by atoms with Crippen molar-refractivity contribution in [2.75, 3.05) is 20.1 Å². The van der Waals surface area contributed by atoms with Crippen LogP contribution in [0.25, 0.3) is 0 Å². The Kier molecular flexibility index (Phi) is 4.65. The number of nitrogens with zero attached hydrogens (tertiary/aromatic N) is 2. The quantitative estimate of drug-likeness (QED) is 0.867. The van der Waals surface area contributed by atoms with Crippen LogP contribution in [0.3, 0.4) is 0 Å². The molecule has 0 spiro atoms. The monoisotopic (exact) mass is 310 g/mol. The SMILES string of the molecule is CN(Cc1cccc(F)c1)CC1(C(=O)O)CCCN1C(=O)O. The van der Waals surface area contributed by atoms with Crippen molar-refractivity contribution in [3.63, 3.8) is 0 Å². The van der Waals surface area contributed by atoms with E-state index in [0.29, 0.717) is 18.5 Å². The van der Waals surface area contributed by atoms with E-state index < -0.39 is 17.6 Å². The van der Waals surface area contributed by atoms with Crippen molar-refractivity contribution >= 4 is 12.1 Å². The van der Waals surface area contributed by atoms with Gasteiger partial charge in [0.2, 0.25) is 0 Å². The molecule has 1 aromatic carbocycles. The van der Waals surface area contributed by atoms with Gasteiger partial charge in [0.1, 0.15) is 5.82 Å². The number of carbonyl (C=O) groups is 2. The van der Waals surface area contributed by atoms with Crippen LogP contribution in [-0.2, 0) is 11.3 Å². The summed E-state index contributed by atoms with van der Waals surface area (Å²) in [5.41, 5.74) is -0.726. The van der Waals surface area contributed by atoms with Gasteiger partial charge in [0.25, 0.3) is 0 Å². The number of carboxylic acid groups (broad SMARTS) is 2. The van der Waals surface area contributed by atoms with Gasteiger partial charge in [-0.25, -0.2) is 14.0 Å². The molecule has 1 aliphatic heterocycles. The molecule has 1 heterocycles. The number of carboxylic acids is 1. The molecule has 0 bridgehead atoms. The van der Waals surface area contributed by atoms with Crippen LogP contribution in [0.15, 0.2) is 24.3 Å². The van der Waals surface area contributed by atoms with Crippen LogP contribution >= 0.6 is 0 Å². The minimum atomic E-state index is -1.44. The standard InChI is InChI=1S/C15H19FN2O4/c1-17(9-11-4-2-5-12(16)8-11)10-15(13(19)20)6-3-7-18(15)14(21)22/h2,4-5,8H,3,6-7,9-10H2,1H3,(H,19,20)(H,21,22). The molecule has 2 N–H and O–H groups in total. The number of benzene rings is 1. The Hall–Kier alpha value is -2.15. The maximum Gasteiger partial charge on any atom is 0.408 e. The summed E-state index contributed by atoms with van der Waals surface area (Å²) in [6, 6.07) is 6.06. The van der Waals surface area contributed by atoms with Gasteiger partial charge >= 0.3 is 12.1 Å². The summed E-state index contributed by atoms with van der Waals surface area (Å²) in [6.45, 7) is 0.626. The predicted octanol–water partition coefficient (Wildman–Crippen LogP) is 1.85. The highest BCUT2D eigenvalue weighted by molar-refractivity contribution is 5.85. The van der Waals surface area contributed by atoms with Crippen molar-refractivity contribution < 1.29 is 24.2 Å². The summed E-state index contributed by atoms with van der Waals surface area (Å²) in [5, 5.41) is 18.8. The summed E-state index contributed by atoms with van der Waals surface area (Å²) in [6.07, 6.45) is -0.423. The van der Waals surface area contributed by atoms with Crippen LogP contribution in [0.1, 0.15) is 18.4 Å². The second-order valence-corrected chi connectivity index (χ2v) is 5.68. The Morgan fingerprint density at radius 1 is 1.41 bits per heavy atom. The zero-order valence-corrected chi connectivity index (χ0v) is 12.3. The van der Waals surface area contributed by atoms with Crippen molar-refractivity contribution in [1.29, 1.82) is 0 Å². The minimum absolute atomic E-state index is 0.0607. The maximum atomic E-state index is 13.2. The van der Waals surface area contributed by atoms with E-state index in [4.69, 9.17) is 0 Å². The third-order valence-electron chi connectivity index (χ3n) is 3.99. The number of hydrogen-bond donors (Lipinski definition) is 2. The van der Waals surface area contributed by atoms with Gasteiger partial charge in [-0.3, -0.25) is 9.80 Å². The number of likely N-dealkylation sites (tertiary alicyclic amines) is 1. The molecule has 0 aliphatic carbocycles. The summed E-state index contributed by atoms with van der Waals surface area (Å²) in [7, 11) is 1.70. The molecule has 22 heavy (non-hydrogen) atoms. The van der Waals surface area contributed by atoms with Crippen LogP contribution in [-0.4, -0.2) is 57.8 Å². The minimum Gasteiger partial charge on any atom is -0.479 e. The summed E-state index contributed by atoms with van der Waals surface area (Å²) in [4.78, 5) is 25.7. The number of halogens is 1. The zero-order valence-electron chi connectivity index (χ0n) is 12.3. The lowest BCUT2D eigenvalue weighted by Gasteiger charge is -2.36. The average molecular weight is 310 g/mol. The fourth-order valence-corrected chi connectivity index (χ4v) is 3.06. The molecule has 0 aromatic heterocycles. The molecule has 1 saturated heterocycles. The summed E-state index contributed by atoms with van der Waals surface area (Å²) < 4.78 is 13.2. The fraction of sp³-hybridized carbons (Fsp3) is 0.467. The predicted molar refractivity (Wildman–Crippen MR) is 77.1 cm³/mol. The molecule has 2 rings (SSSR count). The van der Waals surface area contributed by atoms with E-state index in [1.165, 1.54) is 12.1 Å². The van der Waals surface area contributed by atoms with Crippen molar-refractivity contribution in [3.8, 4) is 0 Å². The summed E-state index contributed by atoms with van der Waals surface area (Å²) >= 11 is 0. The Balaban J connectivity index is 2.14. The zero-order chi connectivity index (χ0) is 16.3. The Morgan fingerprint density at radius 2 is 2.14 bits per heavy atom. The van der Waals surface area contributed by atoms with E-state index >= 15 is 0 Å². The van der Waals surface area contributed by atoms with Gasteiger partial charge < -0.3 is 10.2 Å². The number of aliphatic carboxylic acids is 1. The average Bonchev–Trinajstić information content (AvgIpc) is 2.83. The first-order valence-corrected chi connectivity index (χ1v) is 7.02. The Bertz CT molecular complexity index is 580. The molecule has 1 amide bonds. The highest BCUT2D eigenvalue weighted by Crippen LogP contribution is 2.31. The largest absolute Gasteiger partial charge is 0.479 e. The van der Waals surface area contributed by atoms with Crippen molar-refractivity contribution in [1.82, 2.24) is 9.80 Å². The van der Waals surface area contributed by atoms with Gasteiger partial charge in [-0.05, 0) is 37.6 Å². The number of hydrogen-bond acceptors (Lipinski definition) is 3. The van der Waals surface area contributed by atoms with E-state index in [1.807, 2.05) is 0 Å². The van der Waals surface area contributed by atoms with Gasteiger partial charge in [-0.2, -0.15) is 0 Å². The third-order valence-corrected chi connectivity index (χ3v) is 3.99. The molecule has 0 saturated carbocycles. The highest BCUT2D eigenvalue weighted by atomic mass is 19.1. The first-order valence-electron chi connectivity index (χ1n) is 7.02. The van der Waals surface area contributed by atoms with Crippen molar-refractivity contribution in [2.24, 2.45) is 0 Å². The summed E-state index contributed by atoms with van der Waals surface area (Å²) in [5.74, 6) is -1.50. The molecule has 1 aliphatic rings. The molecule has 1 fully saturated rings. The molecule has 1 aromatic rings. The molecule has 6 nitrogen and oxygen atoms in total. The van der Waals surface area contributed by atoms with E-state index in [0.717, 1.165) is 4.90 Å². The van der Waals surface area contributed by atoms with Crippen LogP contribution in [0.2, 0.25) is 0 Å². The van der Waals surface area contributed by atoms with E-state index in [1.54, 1.807) is 24.1 Å². The first kappa shape index (κ1) is 16.2. The van der Waals surface area contributed by atoms with Crippen LogP contribution < -0.4 is 0 Å². The molecule has 7 heteroatoms. The second-order valence-electron chi connectivity index (χ2n) is 5.68. The van der Waals surface area contributed by atoms with Gasteiger partial charge in [-0.1, -0.05) is 12.1 Å². The van der Waals surface area contributed by atoms with Gasteiger partial charge in [0.05, 0.1) is 0 Å². The second kappa shape index (κ2) is 6.31. The molecular formula is C15H19FN2O4. The van der Waals surface area contributed by atoms with Crippen molar-refractivity contribution in [3.05, 3.63) is 35.6 Å². The lowest BCUT2D eigenvalue weighted by Crippen LogP contribution is -2.58. The molecular weight excluding hydrogens is 291 g/mol. The van der Waals surface area contributed by atoms with Crippen molar-refractivity contribution in [2.45, 2.75) is 24.9 Å². The van der Waals surface area contributed by atoms with Gasteiger partial charge in [-0.15, -0.1) is 0 Å². The maximum absolute atomic E-state index is 13.2. The lowest BCUT2D eigenvalue weighted by atomic mass is 9.95. The lowest BCUT2D eigenvalue weighted by molar-refractivity contribution is -0.149. The first-order chi connectivity index (χ1) is 10.3. The number of amides is 1. The number of likely N-dealkylation sites (N-methyl/N-ethyl adjacent to an activating group) is 1. The van der Waals surface area contributed by atoms with Gasteiger partial charge in [0, 0.05) is 19.6 Å². The normalized spacial score (nSPS) is 21.3. The molecule has 1 unspecified atom stereocenters. The van der Waals surface area contributed by atoms with Crippen LogP contribution in [0.4, 0.5) is 9.18 Å². The highest BCUT2D eigenvalue weighted by Gasteiger charge is 2.50. The molecule has 0 radical (unpaired) electrons. The third kappa shape index (κ3) is 3.19. The van der Waals surface area contributed by atoms with Gasteiger partial charge in [0.15, 0.2) is 5.54 Å². The van der Waals surface area contributed by atoms with E-state index in [2.05, 4.69) is 0 Å². The fourth-order valence-electron chi connectivity index (χ4n) is 3.06. The Morgan fingerprint density at radius 3 is 2.73 bits per heavy atom. The van der Waals surface area contributed by atoms with E-state index in [9.17, 15) is 24.2 Å². The topological polar surface area (TPSA) is 81.1 Å². The molecule has 120 valence electrons. The smallest absolute Gasteiger partial charge is 0.408 e.